The van der Waals surface area contributed by atoms with Crippen molar-refractivity contribution in [2.24, 2.45) is 11.7 Å². The van der Waals surface area contributed by atoms with Crippen LogP contribution in [0.15, 0.2) is 0 Å². The van der Waals surface area contributed by atoms with E-state index in [9.17, 15) is 9.90 Å². The third-order valence-electron chi connectivity index (χ3n) is 3.80. The van der Waals surface area contributed by atoms with Crippen LogP contribution in [0.25, 0.3) is 0 Å². The van der Waals surface area contributed by atoms with Crippen molar-refractivity contribution in [2.75, 3.05) is 6.61 Å². The number of carbonyl (C=O) groups excluding carboxylic acids is 1. The first-order chi connectivity index (χ1) is 8.26. The van der Waals surface area contributed by atoms with E-state index in [1.807, 2.05) is 13.8 Å². The first kappa shape index (κ1) is 15.4. The second-order valence-electron chi connectivity index (χ2n) is 6.68. The number of aliphatic hydroxyl groups is 1. The van der Waals surface area contributed by atoms with E-state index in [0.29, 0.717) is 18.8 Å². The lowest BCUT2D eigenvalue weighted by atomic mass is 9.76. The molecule has 0 spiro atoms. The van der Waals surface area contributed by atoms with Crippen molar-refractivity contribution >= 4 is 5.91 Å². The fraction of sp³-hybridized carbons (Fsp3) is 0.929. The number of aliphatic hydroxyl groups excluding tert-OH is 1. The number of hydrogen-bond donors (Lipinski definition) is 3. The molecule has 2 unspecified atom stereocenters. The monoisotopic (exact) mass is 256 g/mol. The van der Waals surface area contributed by atoms with E-state index in [-0.39, 0.29) is 18.1 Å². The SMILES string of the molecule is CC1CCCC(CO)(NC(=O)CCC(C)(C)N)C1. The average Bonchev–Trinajstić information content (AvgIpc) is 2.25. The van der Waals surface area contributed by atoms with Gasteiger partial charge in [0.15, 0.2) is 0 Å². The second kappa shape index (κ2) is 6.02. The van der Waals surface area contributed by atoms with E-state index >= 15 is 0 Å². The molecule has 18 heavy (non-hydrogen) atoms. The van der Waals surface area contributed by atoms with Crippen molar-refractivity contribution in [3.8, 4) is 0 Å². The predicted molar refractivity (Wildman–Crippen MR) is 73.1 cm³/mol. The molecule has 0 radical (unpaired) electrons. The summed E-state index contributed by atoms with van der Waals surface area (Å²) in [6, 6.07) is 0. The minimum Gasteiger partial charge on any atom is -0.394 e. The van der Waals surface area contributed by atoms with E-state index < -0.39 is 5.54 Å². The first-order valence-electron chi connectivity index (χ1n) is 6.97. The maximum atomic E-state index is 12.0. The molecule has 1 aliphatic rings. The largest absolute Gasteiger partial charge is 0.394 e. The van der Waals surface area contributed by atoms with E-state index in [4.69, 9.17) is 5.73 Å². The Morgan fingerprint density at radius 2 is 2.22 bits per heavy atom. The van der Waals surface area contributed by atoms with Gasteiger partial charge in [0.25, 0.3) is 0 Å². The Labute approximate surface area is 110 Å². The van der Waals surface area contributed by atoms with E-state index in [1.54, 1.807) is 0 Å². The highest BCUT2D eigenvalue weighted by atomic mass is 16.3. The molecule has 4 heteroatoms. The second-order valence-corrected chi connectivity index (χ2v) is 6.68. The molecule has 1 amide bonds. The maximum absolute atomic E-state index is 12.0. The number of nitrogens with one attached hydrogen (secondary N) is 1. The number of rotatable bonds is 5. The minimum atomic E-state index is -0.395. The van der Waals surface area contributed by atoms with Gasteiger partial charge >= 0.3 is 0 Å². The van der Waals surface area contributed by atoms with E-state index in [1.165, 1.54) is 6.42 Å². The smallest absolute Gasteiger partial charge is 0.220 e. The van der Waals surface area contributed by atoms with E-state index in [2.05, 4.69) is 12.2 Å². The number of carbonyl (C=O) groups is 1. The topological polar surface area (TPSA) is 75.3 Å². The summed E-state index contributed by atoms with van der Waals surface area (Å²) in [7, 11) is 0. The molecule has 1 fully saturated rings. The van der Waals surface area contributed by atoms with Crippen LogP contribution in [0.3, 0.4) is 0 Å². The Kier molecular flexibility index (Phi) is 5.17. The fourth-order valence-corrected chi connectivity index (χ4v) is 2.75. The molecule has 4 N–H and O–H groups in total. The summed E-state index contributed by atoms with van der Waals surface area (Å²) in [5.41, 5.74) is 5.16. The number of amides is 1. The van der Waals surface area contributed by atoms with Crippen molar-refractivity contribution < 1.29 is 9.90 Å². The molecular formula is C14H28N2O2. The zero-order chi connectivity index (χ0) is 13.8. The Morgan fingerprint density at radius 1 is 1.56 bits per heavy atom. The highest BCUT2D eigenvalue weighted by Gasteiger charge is 2.35. The van der Waals surface area contributed by atoms with Crippen LogP contribution in [0.5, 0.6) is 0 Å². The molecule has 0 bridgehead atoms. The Bertz CT molecular complexity index is 286. The van der Waals surface area contributed by atoms with Crippen molar-refractivity contribution in [3.63, 3.8) is 0 Å². The van der Waals surface area contributed by atoms with Gasteiger partial charge in [0.1, 0.15) is 0 Å². The maximum Gasteiger partial charge on any atom is 0.220 e. The van der Waals surface area contributed by atoms with Gasteiger partial charge in [-0.05, 0) is 39.0 Å². The summed E-state index contributed by atoms with van der Waals surface area (Å²) in [5.74, 6) is 0.578. The minimum absolute atomic E-state index is 0.0108. The van der Waals surface area contributed by atoms with Crippen LogP contribution in [0.4, 0.5) is 0 Å². The van der Waals surface area contributed by atoms with Crippen LogP contribution < -0.4 is 11.1 Å². The quantitative estimate of drug-likeness (QED) is 0.699. The lowest BCUT2D eigenvalue weighted by Gasteiger charge is -2.39. The highest BCUT2D eigenvalue weighted by Crippen LogP contribution is 2.32. The summed E-state index contributed by atoms with van der Waals surface area (Å²) >= 11 is 0. The van der Waals surface area contributed by atoms with Crippen LogP contribution in [0, 0.1) is 5.92 Å². The third kappa shape index (κ3) is 4.94. The van der Waals surface area contributed by atoms with Gasteiger partial charge in [-0.25, -0.2) is 0 Å². The molecule has 0 aromatic heterocycles. The molecule has 0 saturated heterocycles. The van der Waals surface area contributed by atoms with Gasteiger partial charge in [-0.15, -0.1) is 0 Å². The molecule has 0 aromatic rings. The zero-order valence-corrected chi connectivity index (χ0v) is 12.0. The van der Waals surface area contributed by atoms with Crippen molar-refractivity contribution in [3.05, 3.63) is 0 Å². The summed E-state index contributed by atoms with van der Waals surface area (Å²) in [5, 5.41) is 12.6. The molecule has 1 rings (SSSR count). The molecule has 4 nitrogen and oxygen atoms in total. The van der Waals surface area contributed by atoms with Crippen molar-refractivity contribution in [1.29, 1.82) is 0 Å². The van der Waals surface area contributed by atoms with Crippen LogP contribution >= 0.6 is 0 Å². The molecule has 0 heterocycles. The molecule has 0 aromatic carbocycles. The predicted octanol–water partition coefficient (Wildman–Crippen LogP) is 1.56. The van der Waals surface area contributed by atoms with Gasteiger partial charge in [0.2, 0.25) is 5.91 Å². The van der Waals surface area contributed by atoms with Crippen LogP contribution in [0.2, 0.25) is 0 Å². The fourth-order valence-electron chi connectivity index (χ4n) is 2.75. The number of hydrogen-bond acceptors (Lipinski definition) is 3. The van der Waals surface area contributed by atoms with E-state index in [0.717, 1.165) is 19.3 Å². The summed E-state index contributed by atoms with van der Waals surface area (Å²) in [6.45, 7) is 6.06. The van der Waals surface area contributed by atoms with Gasteiger partial charge in [-0.2, -0.15) is 0 Å². The Hall–Kier alpha value is -0.610. The Morgan fingerprint density at radius 3 is 2.72 bits per heavy atom. The number of nitrogens with two attached hydrogens (primary N) is 1. The summed E-state index contributed by atoms with van der Waals surface area (Å²) in [6.07, 6.45) is 5.11. The molecule has 2 atom stereocenters. The molecule has 0 aliphatic heterocycles. The lowest BCUT2D eigenvalue weighted by Crippen LogP contribution is -2.54. The summed E-state index contributed by atoms with van der Waals surface area (Å²) in [4.78, 5) is 12.0. The van der Waals surface area contributed by atoms with Gasteiger partial charge < -0.3 is 16.2 Å². The third-order valence-corrected chi connectivity index (χ3v) is 3.80. The van der Waals surface area contributed by atoms with Crippen molar-refractivity contribution in [1.82, 2.24) is 5.32 Å². The van der Waals surface area contributed by atoms with Gasteiger partial charge in [-0.3, -0.25) is 4.79 Å². The van der Waals surface area contributed by atoms with Gasteiger partial charge in [0.05, 0.1) is 12.1 Å². The standard InChI is InChI=1S/C14H28N2O2/c1-11-5-4-7-14(9-11,10-17)16-12(18)6-8-13(2,3)15/h11,17H,4-10,15H2,1-3H3,(H,16,18). The lowest BCUT2D eigenvalue weighted by molar-refractivity contribution is -0.124. The Balaban J connectivity index is 2.49. The average molecular weight is 256 g/mol. The normalized spacial score (nSPS) is 29.1. The molecule has 106 valence electrons. The van der Waals surface area contributed by atoms with Gasteiger partial charge in [-0.1, -0.05) is 19.8 Å². The van der Waals surface area contributed by atoms with Crippen LogP contribution in [-0.2, 0) is 4.79 Å². The van der Waals surface area contributed by atoms with Crippen LogP contribution in [-0.4, -0.2) is 28.7 Å². The van der Waals surface area contributed by atoms with Crippen molar-refractivity contribution in [2.45, 2.75) is 70.4 Å². The van der Waals surface area contributed by atoms with Crippen LogP contribution in [0.1, 0.15) is 59.3 Å². The molecule has 1 saturated carbocycles. The van der Waals surface area contributed by atoms with Gasteiger partial charge in [0, 0.05) is 12.0 Å². The first-order valence-corrected chi connectivity index (χ1v) is 6.97. The summed E-state index contributed by atoms with van der Waals surface area (Å²) < 4.78 is 0. The molecular weight excluding hydrogens is 228 g/mol. The zero-order valence-electron chi connectivity index (χ0n) is 12.0. The highest BCUT2D eigenvalue weighted by molar-refractivity contribution is 5.76. The molecule has 1 aliphatic carbocycles.